The highest BCUT2D eigenvalue weighted by Gasteiger charge is 2.25. The number of rotatable bonds is 8. The van der Waals surface area contributed by atoms with Crippen molar-refractivity contribution >= 4 is 12.2 Å². The average molecular weight is 378 g/mol. The maximum Gasteiger partial charge on any atom is 0.354 e. The van der Waals surface area contributed by atoms with Gasteiger partial charge in [-0.05, 0) is 22.3 Å². The second-order valence-electron chi connectivity index (χ2n) is 5.57. The lowest BCUT2D eigenvalue weighted by Crippen LogP contribution is -2.06. The van der Waals surface area contributed by atoms with Gasteiger partial charge in [-0.3, -0.25) is 4.99 Å². The van der Waals surface area contributed by atoms with E-state index in [1.54, 1.807) is 12.1 Å². The van der Waals surface area contributed by atoms with E-state index in [4.69, 9.17) is 9.84 Å². The number of nitrogens with zero attached hydrogens (tertiary/aromatic N) is 1. The average Bonchev–Trinajstić information content (AvgIpc) is 3.08. The number of H-pyrrole nitrogens is 1. The molecule has 0 fully saturated rings. The summed E-state index contributed by atoms with van der Waals surface area (Å²) in [6, 6.07) is 3.19. The molecular weight excluding hydrogens is 356 g/mol. The Hall–Kier alpha value is -2.56. The van der Waals surface area contributed by atoms with Crippen molar-refractivity contribution in [1.29, 1.82) is 0 Å². The van der Waals surface area contributed by atoms with E-state index in [1.165, 1.54) is 13.3 Å². The number of ether oxygens (including phenoxy) is 1. The molecular formula is C18H22N2O7. The van der Waals surface area contributed by atoms with Gasteiger partial charge in [0.25, 0.3) is 0 Å². The summed E-state index contributed by atoms with van der Waals surface area (Å²) in [5.41, 5.74) is 2.49. The normalized spacial score (nSPS) is 11.3. The van der Waals surface area contributed by atoms with Gasteiger partial charge in [-0.15, -0.1) is 0 Å². The number of aromatic amines is 1. The van der Waals surface area contributed by atoms with Gasteiger partial charge in [0, 0.05) is 17.3 Å². The summed E-state index contributed by atoms with van der Waals surface area (Å²) in [5.74, 6) is -0.705. The Morgan fingerprint density at radius 3 is 2.22 bits per heavy atom. The molecule has 0 amide bonds. The van der Waals surface area contributed by atoms with Gasteiger partial charge < -0.3 is 35.3 Å². The zero-order chi connectivity index (χ0) is 20.0. The number of methoxy groups -OCH3 is 1. The molecule has 0 saturated carbocycles. The molecule has 0 unspecified atom stereocenters. The monoisotopic (exact) mass is 378 g/mol. The molecule has 0 aliphatic carbocycles. The third-order valence-corrected chi connectivity index (χ3v) is 4.27. The molecule has 9 heteroatoms. The van der Waals surface area contributed by atoms with Crippen molar-refractivity contribution in [2.75, 3.05) is 13.8 Å². The zero-order valence-electron chi connectivity index (χ0n) is 14.8. The van der Waals surface area contributed by atoms with Gasteiger partial charge in [0.05, 0.1) is 39.2 Å². The first-order chi connectivity index (χ1) is 13.1. The van der Waals surface area contributed by atoms with Crippen molar-refractivity contribution in [1.82, 2.24) is 4.98 Å². The Bertz CT molecular complexity index is 843. The second-order valence-corrected chi connectivity index (χ2v) is 5.57. The topological polar surface area (TPSA) is 156 Å². The third kappa shape index (κ3) is 3.92. The highest BCUT2D eigenvalue weighted by atomic mass is 16.5. The van der Waals surface area contributed by atoms with Gasteiger partial charge in [-0.25, -0.2) is 4.79 Å². The number of nitrogens with one attached hydrogen (secondary N) is 1. The molecule has 0 atom stereocenters. The molecule has 2 rings (SSSR count). The minimum Gasteiger partial charge on any atom is -0.464 e. The molecule has 9 nitrogen and oxygen atoms in total. The van der Waals surface area contributed by atoms with Crippen LogP contribution in [0.15, 0.2) is 17.1 Å². The van der Waals surface area contributed by atoms with Crippen LogP contribution in [0.1, 0.15) is 38.4 Å². The lowest BCUT2D eigenvalue weighted by molar-refractivity contribution is 0.0591. The highest BCUT2D eigenvalue weighted by molar-refractivity contribution is 5.99. The fourth-order valence-corrected chi connectivity index (χ4v) is 3.03. The fraction of sp³-hybridized carbons (Fsp3) is 0.333. The van der Waals surface area contributed by atoms with E-state index >= 15 is 0 Å². The Balaban J connectivity index is 2.86. The molecule has 0 aliphatic heterocycles. The number of aromatic nitrogens is 1. The molecule has 1 aromatic carbocycles. The van der Waals surface area contributed by atoms with Crippen molar-refractivity contribution in [2.24, 2.45) is 4.99 Å². The van der Waals surface area contributed by atoms with Crippen LogP contribution in [0.5, 0.6) is 0 Å². The van der Waals surface area contributed by atoms with E-state index in [0.717, 1.165) is 0 Å². The van der Waals surface area contributed by atoms with Crippen molar-refractivity contribution in [2.45, 2.75) is 26.4 Å². The number of aliphatic hydroxyl groups is 5. The Kier molecular flexibility index (Phi) is 7.22. The van der Waals surface area contributed by atoms with Gasteiger partial charge in [0.2, 0.25) is 0 Å². The van der Waals surface area contributed by atoms with Crippen LogP contribution in [0.2, 0.25) is 0 Å². The molecule has 0 bridgehead atoms. The van der Waals surface area contributed by atoms with Crippen molar-refractivity contribution in [3.8, 4) is 11.1 Å². The minimum absolute atomic E-state index is 0.00932. The molecule has 1 aromatic heterocycles. The van der Waals surface area contributed by atoms with Crippen LogP contribution < -0.4 is 0 Å². The van der Waals surface area contributed by atoms with Gasteiger partial charge >= 0.3 is 5.97 Å². The molecule has 0 saturated heterocycles. The summed E-state index contributed by atoms with van der Waals surface area (Å²) in [6.45, 7) is -2.18. The van der Waals surface area contributed by atoms with Gasteiger partial charge in [0.1, 0.15) is 12.4 Å². The van der Waals surface area contributed by atoms with Crippen LogP contribution in [-0.2, 0) is 31.2 Å². The van der Waals surface area contributed by atoms with Gasteiger partial charge in [-0.2, -0.15) is 0 Å². The molecule has 146 valence electrons. The quantitative estimate of drug-likeness (QED) is 0.275. The first-order valence-corrected chi connectivity index (χ1v) is 8.09. The minimum atomic E-state index is -0.705. The lowest BCUT2D eigenvalue weighted by Gasteiger charge is -2.16. The summed E-state index contributed by atoms with van der Waals surface area (Å²) in [5, 5.41) is 47.9. The van der Waals surface area contributed by atoms with Crippen LogP contribution in [0.4, 0.5) is 0 Å². The molecule has 0 aliphatic rings. The first kappa shape index (κ1) is 20.7. The molecule has 6 N–H and O–H groups in total. The molecule has 27 heavy (non-hydrogen) atoms. The summed E-state index contributed by atoms with van der Waals surface area (Å²) >= 11 is 0. The van der Waals surface area contributed by atoms with Crippen LogP contribution >= 0.6 is 0 Å². The van der Waals surface area contributed by atoms with Gasteiger partial charge in [-0.1, -0.05) is 12.1 Å². The van der Waals surface area contributed by atoms with E-state index in [9.17, 15) is 25.2 Å². The highest BCUT2D eigenvalue weighted by Crippen LogP contribution is 2.35. The third-order valence-electron chi connectivity index (χ3n) is 4.27. The summed E-state index contributed by atoms with van der Waals surface area (Å²) in [4.78, 5) is 18.6. The van der Waals surface area contributed by atoms with Crippen molar-refractivity contribution in [3.63, 3.8) is 0 Å². The standard InChI is InChI=1S/C18H22N2O7/c1-27-18(26)17-14(8-24)16(15(20-17)4-19-9-25)11-3-2-10(5-21)12(6-22)13(11)7-23/h2-4,20-25H,5-9H2,1H3. The van der Waals surface area contributed by atoms with Crippen LogP contribution in [0.25, 0.3) is 11.1 Å². The number of aliphatic hydroxyl groups excluding tert-OH is 5. The summed E-state index contributed by atoms with van der Waals surface area (Å²) in [6.07, 6.45) is 1.29. The van der Waals surface area contributed by atoms with E-state index in [1.807, 2.05) is 0 Å². The van der Waals surface area contributed by atoms with E-state index < -0.39 is 32.5 Å². The van der Waals surface area contributed by atoms with Gasteiger partial charge in [0.15, 0.2) is 0 Å². The predicted molar refractivity (Wildman–Crippen MR) is 95.9 cm³/mol. The van der Waals surface area contributed by atoms with Crippen LogP contribution in [0.3, 0.4) is 0 Å². The van der Waals surface area contributed by atoms with Crippen LogP contribution in [0, 0.1) is 0 Å². The summed E-state index contributed by atoms with van der Waals surface area (Å²) in [7, 11) is 1.20. The maximum atomic E-state index is 12.1. The number of hydrogen-bond donors (Lipinski definition) is 6. The first-order valence-electron chi connectivity index (χ1n) is 8.09. The fourth-order valence-electron chi connectivity index (χ4n) is 3.03. The van der Waals surface area contributed by atoms with E-state index in [0.29, 0.717) is 33.5 Å². The Morgan fingerprint density at radius 1 is 1.04 bits per heavy atom. The largest absolute Gasteiger partial charge is 0.464 e. The summed E-state index contributed by atoms with van der Waals surface area (Å²) < 4.78 is 4.73. The molecule has 2 aromatic rings. The Labute approximate surface area is 155 Å². The predicted octanol–water partition coefficient (Wildman–Crippen LogP) is -0.194. The number of carbonyl (C=O) groups excluding carboxylic acids is 1. The number of benzene rings is 1. The van der Waals surface area contributed by atoms with Crippen molar-refractivity contribution in [3.05, 3.63) is 45.8 Å². The van der Waals surface area contributed by atoms with Crippen molar-refractivity contribution < 1.29 is 35.1 Å². The lowest BCUT2D eigenvalue weighted by atomic mass is 9.90. The smallest absolute Gasteiger partial charge is 0.354 e. The molecule has 0 spiro atoms. The zero-order valence-corrected chi connectivity index (χ0v) is 14.8. The molecule has 1 heterocycles. The SMILES string of the molecule is COC(=O)c1[nH]c(C=NCO)c(-c2ccc(CO)c(CO)c2CO)c1CO. The second kappa shape index (κ2) is 9.40. The van der Waals surface area contributed by atoms with E-state index in [2.05, 4.69) is 9.98 Å². The number of esters is 1. The number of carbonyl (C=O) groups is 1. The van der Waals surface area contributed by atoms with Crippen LogP contribution in [-0.4, -0.2) is 56.5 Å². The van der Waals surface area contributed by atoms with E-state index in [-0.39, 0.29) is 17.9 Å². The number of aliphatic imine (C=N–C) groups is 1. The molecule has 0 radical (unpaired) electrons. The number of hydrogen-bond acceptors (Lipinski definition) is 8. The maximum absolute atomic E-state index is 12.1. The Morgan fingerprint density at radius 2 is 1.70 bits per heavy atom.